The van der Waals surface area contributed by atoms with E-state index < -0.39 is 0 Å². The molecule has 2 aromatic rings. The predicted octanol–water partition coefficient (Wildman–Crippen LogP) is 2.66. The zero-order chi connectivity index (χ0) is 17.1. The van der Waals surface area contributed by atoms with Crippen molar-refractivity contribution in [3.05, 3.63) is 35.9 Å². The van der Waals surface area contributed by atoms with E-state index in [1.807, 2.05) is 19.9 Å². The molecule has 0 aromatic carbocycles. The van der Waals surface area contributed by atoms with Gasteiger partial charge in [0.2, 0.25) is 5.88 Å². The zero-order valence-electron chi connectivity index (χ0n) is 14.4. The largest absolute Gasteiger partial charge is 0.475 e. The van der Waals surface area contributed by atoms with Gasteiger partial charge in [0.25, 0.3) is 0 Å². The molecule has 0 unspecified atom stereocenters. The van der Waals surface area contributed by atoms with Crippen LogP contribution in [0.3, 0.4) is 0 Å². The quantitative estimate of drug-likeness (QED) is 0.806. The van der Waals surface area contributed by atoms with Crippen molar-refractivity contribution in [3.8, 4) is 5.88 Å². The summed E-state index contributed by atoms with van der Waals surface area (Å²) in [7, 11) is 0. The van der Waals surface area contributed by atoms with Crippen molar-refractivity contribution in [2.75, 3.05) is 23.7 Å². The van der Waals surface area contributed by atoms with E-state index >= 15 is 0 Å². The summed E-state index contributed by atoms with van der Waals surface area (Å²) in [4.78, 5) is 14.9. The van der Waals surface area contributed by atoms with Crippen LogP contribution in [0.15, 0.2) is 24.7 Å². The summed E-state index contributed by atoms with van der Waals surface area (Å²) in [6.07, 6.45) is 5.36. The van der Waals surface area contributed by atoms with Gasteiger partial charge in [-0.25, -0.2) is 15.0 Å². The number of anilines is 2. The van der Waals surface area contributed by atoms with Gasteiger partial charge >= 0.3 is 0 Å². The average Bonchev–Trinajstić information content (AvgIpc) is 3.10. The molecule has 25 heavy (non-hydrogen) atoms. The van der Waals surface area contributed by atoms with Gasteiger partial charge in [0.1, 0.15) is 12.1 Å². The highest BCUT2D eigenvalue weighted by Crippen LogP contribution is 2.22. The van der Waals surface area contributed by atoms with Crippen LogP contribution in [-0.4, -0.2) is 39.9 Å². The van der Waals surface area contributed by atoms with Gasteiger partial charge in [0.15, 0.2) is 0 Å². The van der Waals surface area contributed by atoms with Crippen LogP contribution in [0.5, 0.6) is 5.88 Å². The zero-order valence-corrected chi connectivity index (χ0v) is 14.4. The molecule has 0 aliphatic carbocycles. The summed E-state index contributed by atoms with van der Waals surface area (Å²) in [5, 5.41) is 8.49. The van der Waals surface area contributed by atoms with Crippen molar-refractivity contribution in [1.29, 1.82) is 5.41 Å². The maximum atomic E-state index is 8.49. The molecular weight excluding hydrogens is 323 g/mol. The van der Waals surface area contributed by atoms with Crippen molar-refractivity contribution >= 4 is 17.2 Å². The minimum atomic E-state index is 0. The van der Waals surface area contributed by atoms with Gasteiger partial charge in [-0.2, -0.15) is 0 Å². The smallest absolute Gasteiger partial charge is 0.214 e. The summed E-state index contributed by atoms with van der Waals surface area (Å²) in [6, 6.07) is 3.53. The average molecular weight is 348 g/mol. The highest BCUT2D eigenvalue weighted by Gasteiger charge is 2.17. The number of pyridine rings is 1. The van der Waals surface area contributed by atoms with Crippen LogP contribution in [0.2, 0.25) is 0 Å². The molecule has 3 heterocycles. The third kappa shape index (κ3) is 4.20. The van der Waals surface area contributed by atoms with Gasteiger partial charge in [0.05, 0.1) is 29.4 Å². The van der Waals surface area contributed by atoms with E-state index in [2.05, 4.69) is 19.9 Å². The monoisotopic (exact) mass is 348 g/mol. The number of hydrogen-bond acceptors (Lipinski definition) is 7. The number of ether oxygens (including phenoxy) is 1. The Labute approximate surface area is 147 Å². The number of nitrogens with one attached hydrogen (secondary N) is 1. The summed E-state index contributed by atoms with van der Waals surface area (Å²) in [6.45, 7) is 5.84. The topological polar surface area (TPSA) is 101 Å². The minimum Gasteiger partial charge on any atom is -0.475 e. The molecule has 0 saturated carbocycles. The summed E-state index contributed by atoms with van der Waals surface area (Å²) in [5.41, 5.74) is 7.78. The molecule has 3 rings (SSSR count). The number of nitrogens with two attached hydrogens (primary N) is 1. The first kappa shape index (κ1) is 18.6. The van der Waals surface area contributed by atoms with E-state index in [-0.39, 0.29) is 17.9 Å². The van der Waals surface area contributed by atoms with Gasteiger partial charge in [0, 0.05) is 32.2 Å². The van der Waals surface area contributed by atoms with Crippen LogP contribution in [-0.2, 0) is 0 Å². The Morgan fingerprint density at radius 2 is 1.96 bits per heavy atom. The lowest BCUT2D eigenvalue weighted by molar-refractivity contribution is 0.232. The number of halogens is 1. The fourth-order valence-electron chi connectivity index (χ4n) is 2.71. The lowest BCUT2D eigenvalue weighted by Gasteiger charge is -2.17. The highest BCUT2D eigenvalue weighted by atomic mass is 19.0. The second-order valence-electron chi connectivity index (χ2n) is 6.11. The van der Waals surface area contributed by atoms with Crippen LogP contribution in [0, 0.1) is 5.41 Å². The molecule has 8 heteroatoms. The Bertz CT molecular complexity index is 752. The molecule has 7 nitrogen and oxygen atoms in total. The first-order chi connectivity index (χ1) is 11.5. The fourth-order valence-corrected chi connectivity index (χ4v) is 2.71. The number of aromatic nitrogens is 3. The number of hydrogen-bond donors (Lipinski definition) is 2. The Morgan fingerprint density at radius 1 is 1.24 bits per heavy atom. The molecule has 3 N–H and O–H groups in total. The Kier molecular flexibility index (Phi) is 5.84. The van der Waals surface area contributed by atoms with Crippen LogP contribution in [0.25, 0.3) is 0 Å². The van der Waals surface area contributed by atoms with Crippen LogP contribution >= 0.6 is 0 Å². The Balaban J connectivity index is 0.00000169. The lowest BCUT2D eigenvalue weighted by Crippen LogP contribution is -2.20. The Morgan fingerprint density at radius 3 is 2.64 bits per heavy atom. The maximum Gasteiger partial charge on any atom is 0.214 e. The normalized spacial score (nSPS) is 13.6. The number of nitrogen functional groups attached to an aromatic ring is 1. The van der Waals surface area contributed by atoms with E-state index in [1.165, 1.54) is 25.4 Å². The van der Waals surface area contributed by atoms with Gasteiger partial charge in [-0.15, -0.1) is 0 Å². The van der Waals surface area contributed by atoms with Crippen LogP contribution in [0.1, 0.15) is 39.4 Å². The molecule has 0 spiro atoms. The molecule has 1 saturated heterocycles. The molecular formula is C17H25FN6O. The summed E-state index contributed by atoms with van der Waals surface area (Å²) < 4.78 is 5.60. The second-order valence-corrected chi connectivity index (χ2v) is 6.11. The van der Waals surface area contributed by atoms with Crippen molar-refractivity contribution in [1.82, 2.24) is 15.0 Å². The molecule has 0 radical (unpaired) electrons. The predicted molar refractivity (Wildman–Crippen MR) is 98.4 cm³/mol. The van der Waals surface area contributed by atoms with Crippen molar-refractivity contribution in [2.45, 2.75) is 32.8 Å². The SMILES string of the molecule is CC(C)Oc1cc(C(=N)c2cc(N3CCCC3)ncn2)c(N)cn1.F.[HH]. The maximum absolute atomic E-state index is 8.49. The van der Waals surface area contributed by atoms with Crippen molar-refractivity contribution < 1.29 is 10.9 Å². The molecule has 1 aliphatic rings. The van der Waals surface area contributed by atoms with E-state index in [9.17, 15) is 0 Å². The molecule has 1 fully saturated rings. The number of nitrogens with zero attached hydrogens (tertiary/aromatic N) is 4. The molecule has 1 aliphatic heterocycles. The van der Waals surface area contributed by atoms with E-state index in [1.54, 1.807) is 6.07 Å². The Hall–Kier alpha value is -2.77. The number of rotatable bonds is 5. The van der Waals surface area contributed by atoms with Gasteiger partial charge in [-0.1, -0.05) is 0 Å². The molecule has 0 amide bonds. The standard InChI is InChI=1S/C17H22N6O.FH.H2/c1-11(2)24-16-7-12(13(18)9-20-16)17(19)14-8-15(22-10-21-14)23-5-3-4-6-23;;/h7-11,19H,3-6,18H2,1-2H3;2*1H. The summed E-state index contributed by atoms with van der Waals surface area (Å²) in [5.74, 6) is 1.31. The van der Waals surface area contributed by atoms with E-state index in [0.29, 0.717) is 22.8 Å². The molecule has 0 bridgehead atoms. The van der Waals surface area contributed by atoms with Crippen LogP contribution < -0.4 is 15.4 Å². The third-order valence-electron chi connectivity index (χ3n) is 3.87. The van der Waals surface area contributed by atoms with Gasteiger partial charge in [-0.3, -0.25) is 10.1 Å². The fraction of sp³-hybridized carbons (Fsp3) is 0.412. The first-order valence-corrected chi connectivity index (χ1v) is 8.13. The van der Waals surface area contributed by atoms with E-state index in [0.717, 1.165) is 18.9 Å². The second kappa shape index (κ2) is 7.87. The third-order valence-corrected chi connectivity index (χ3v) is 3.87. The first-order valence-electron chi connectivity index (χ1n) is 8.13. The van der Waals surface area contributed by atoms with E-state index in [4.69, 9.17) is 15.9 Å². The summed E-state index contributed by atoms with van der Waals surface area (Å²) >= 11 is 0. The van der Waals surface area contributed by atoms with Gasteiger partial charge in [-0.05, 0) is 26.7 Å². The lowest BCUT2D eigenvalue weighted by atomic mass is 10.1. The molecule has 136 valence electrons. The van der Waals surface area contributed by atoms with Gasteiger partial charge < -0.3 is 15.4 Å². The van der Waals surface area contributed by atoms with Crippen molar-refractivity contribution in [2.24, 2.45) is 0 Å². The van der Waals surface area contributed by atoms with Crippen LogP contribution in [0.4, 0.5) is 16.2 Å². The molecule has 0 atom stereocenters. The highest BCUT2D eigenvalue weighted by molar-refractivity contribution is 6.13. The van der Waals surface area contributed by atoms with Crippen molar-refractivity contribution in [3.63, 3.8) is 0 Å². The molecule has 2 aromatic heterocycles. The minimum absolute atomic E-state index is 0.